The van der Waals surface area contributed by atoms with E-state index in [1.165, 1.54) is 6.33 Å². The summed E-state index contributed by atoms with van der Waals surface area (Å²) < 4.78 is 3.65. The standard InChI is InChI=1S/C28H28N8O/c1-16(2)21-9-4-5-10-22(21)36-20(11-18-8-6-7-17(3)23(18)28(36)37)14-35-27-24(26(29)30-15-31-27)25(34-35)19-12-32-33-13-19/h4-12,15-16,32-33H,13-14H2,1-3H3,(H2,29,30,31). The van der Waals surface area contributed by atoms with Crippen LogP contribution in [0.1, 0.15) is 42.3 Å². The largest absolute Gasteiger partial charge is 0.383 e. The minimum atomic E-state index is -0.0450. The molecule has 9 heteroatoms. The number of hydrazine groups is 1. The van der Waals surface area contributed by atoms with Crippen LogP contribution in [0.15, 0.2) is 65.9 Å². The summed E-state index contributed by atoms with van der Waals surface area (Å²) >= 11 is 0. The molecule has 6 rings (SSSR count). The molecule has 1 aliphatic rings. The van der Waals surface area contributed by atoms with Crippen LogP contribution in [0, 0.1) is 6.92 Å². The number of benzene rings is 2. The minimum Gasteiger partial charge on any atom is -0.383 e. The highest BCUT2D eigenvalue weighted by Gasteiger charge is 2.22. The fraction of sp³-hybridized carbons (Fsp3) is 0.214. The van der Waals surface area contributed by atoms with Crippen molar-refractivity contribution < 1.29 is 0 Å². The molecule has 0 bridgehead atoms. The Hall–Kier alpha value is -4.50. The Labute approximate surface area is 213 Å². The van der Waals surface area contributed by atoms with Crippen LogP contribution < -0.4 is 22.1 Å². The molecular formula is C28H28N8O. The van der Waals surface area contributed by atoms with Gasteiger partial charge in [0.2, 0.25) is 0 Å². The second-order valence-corrected chi connectivity index (χ2v) is 9.66. The molecular weight excluding hydrogens is 464 g/mol. The lowest BCUT2D eigenvalue weighted by atomic mass is 10.00. The number of hydrogen-bond donors (Lipinski definition) is 3. The van der Waals surface area contributed by atoms with Crippen molar-refractivity contribution in [2.45, 2.75) is 33.2 Å². The zero-order valence-corrected chi connectivity index (χ0v) is 21.0. The second kappa shape index (κ2) is 8.86. The number of anilines is 1. The Morgan fingerprint density at radius 3 is 2.70 bits per heavy atom. The van der Waals surface area contributed by atoms with Crippen LogP contribution in [0.5, 0.6) is 0 Å². The van der Waals surface area contributed by atoms with E-state index in [-0.39, 0.29) is 11.5 Å². The molecule has 9 nitrogen and oxygen atoms in total. The predicted molar refractivity (Wildman–Crippen MR) is 146 cm³/mol. The van der Waals surface area contributed by atoms with Crippen LogP contribution >= 0.6 is 0 Å². The summed E-state index contributed by atoms with van der Waals surface area (Å²) in [5, 5.41) is 7.24. The molecule has 0 radical (unpaired) electrons. The number of fused-ring (bicyclic) bond motifs is 2. The minimum absolute atomic E-state index is 0.0450. The van der Waals surface area contributed by atoms with Gasteiger partial charge in [0.1, 0.15) is 17.8 Å². The average molecular weight is 493 g/mol. The zero-order valence-electron chi connectivity index (χ0n) is 21.0. The van der Waals surface area contributed by atoms with Crippen molar-refractivity contribution in [2.75, 3.05) is 12.3 Å². The Kier molecular flexibility index (Phi) is 5.49. The number of aromatic nitrogens is 5. The number of nitrogen functional groups attached to an aromatic ring is 1. The molecule has 1 aliphatic heterocycles. The van der Waals surface area contributed by atoms with E-state index in [0.717, 1.165) is 44.5 Å². The monoisotopic (exact) mass is 492 g/mol. The number of nitrogens with one attached hydrogen (secondary N) is 2. The Morgan fingerprint density at radius 2 is 1.92 bits per heavy atom. The molecule has 0 unspecified atom stereocenters. The van der Waals surface area contributed by atoms with Crippen molar-refractivity contribution in [1.29, 1.82) is 0 Å². The van der Waals surface area contributed by atoms with E-state index in [0.29, 0.717) is 29.9 Å². The lowest BCUT2D eigenvalue weighted by Gasteiger charge is -2.20. The zero-order chi connectivity index (χ0) is 25.7. The quantitative estimate of drug-likeness (QED) is 0.343. The third-order valence-corrected chi connectivity index (χ3v) is 6.93. The van der Waals surface area contributed by atoms with Crippen LogP contribution in [0.4, 0.5) is 5.82 Å². The van der Waals surface area contributed by atoms with Crippen molar-refractivity contribution >= 4 is 33.2 Å². The van der Waals surface area contributed by atoms with Gasteiger partial charge in [0.25, 0.3) is 5.56 Å². The van der Waals surface area contributed by atoms with Crippen molar-refractivity contribution in [2.24, 2.45) is 0 Å². The lowest BCUT2D eigenvalue weighted by Crippen LogP contribution is -2.25. The van der Waals surface area contributed by atoms with Gasteiger partial charge in [0.05, 0.1) is 23.0 Å². The highest BCUT2D eigenvalue weighted by atomic mass is 16.1. The van der Waals surface area contributed by atoms with E-state index in [1.807, 2.05) is 58.8 Å². The van der Waals surface area contributed by atoms with E-state index < -0.39 is 0 Å². The molecule has 0 saturated carbocycles. The second-order valence-electron chi connectivity index (χ2n) is 9.66. The molecule has 5 aromatic rings. The molecule has 37 heavy (non-hydrogen) atoms. The van der Waals surface area contributed by atoms with Crippen molar-refractivity contribution in [3.63, 3.8) is 0 Å². The molecule has 0 atom stereocenters. The van der Waals surface area contributed by atoms with Gasteiger partial charge in [-0.25, -0.2) is 20.1 Å². The maximum Gasteiger partial charge on any atom is 0.263 e. The first kappa shape index (κ1) is 22.9. The molecule has 3 aromatic heterocycles. The highest BCUT2D eigenvalue weighted by Crippen LogP contribution is 2.29. The van der Waals surface area contributed by atoms with E-state index in [4.69, 9.17) is 10.8 Å². The van der Waals surface area contributed by atoms with Gasteiger partial charge >= 0.3 is 0 Å². The molecule has 0 amide bonds. The number of nitrogens with two attached hydrogens (primary N) is 1. The normalized spacial score (nSPS) is 13.5. The summed E-state index contributed by atoms with van der Waals surface area (Å²) in [4.78, 5) is 22.9. The number of rotatable bonds is 5. The number of aryl methyl sites for hydroxylation is 1. The first-order valence-electron chi connectivity index (χ1n) is 12.3. The van der Waals surface area contributed by atoms with Gasteiger partial charge in [-0.1, -0.05) is 50.2 Å². The Morgan fingerprint density at radius 1 is 1.08 bits per heavy atom. The summed E-state index contributed by atoms with van der Waals surface area (Å²) in [7, 11) is 0. The van der Waals surface area contributed by atoms with Gasteiger partial charge in [-0.05, 0) is 41.5 Å². The SMILES string of the molecule is Cc1cccc2cc(Cn3nc(C4=CNNC4)c4c(N)ncnc43)n(-c3ccccc3C(C)C)c(=O)c12. The van der Waals surface area contributed by atoms with Gasteiger partial charge in [0.15, 0.2) is 5.65 Å². The third-order valence-electron chi connectivity index (χ3n) is 6.93. The first-order valence-corrected chi connectivity index (χ1v) is 12.3. The van der Waals surface area contributed by atoms with Crippen LogP contribution in [0.2, 0.25) is 0 Å². The highest BCUT2D eigenvalue weighted by molar-refractivity contribution is 5.96. The van der Waals surface area contributed by atoms with Crippen LogP contribution in [0.3, 0.4) is 0 Å². The maximum atomic E-state index is 14.1. The van der Waals surface area contributed by atoms with E-state index in [9.17, 15) is 4.79 Å². The summed E-state index contributed by atoms with van der Waals surface area (Å²) in [6, 6.07) is 16.1. The predicted octanol–water partition coefficient (Wildman–Crippen LogP) is 3.64. The van der Waals surface area contributed by atoms with Gasteiger partial charge in [-0.2, -0.15) is 5.10 Å². The van der Waals surface area contributed by atoms with Crippen LogP contribution in [-0.2, 0) is 6.54 Å². The molecule has 186 valence electrons. The fourth-order valence-corrected chi connectivity index (χ4v) is 5.16. The molecule has 0 spiro atoms. The smallest absolute Gasteiger partial charge is 0.263 e. The summed E-state index contributed by atoms with van der Waals surface area (Å²) in [5.74, 6) is 0.609. The number of pyridine rings is 1. The van der Waals surface area contributed by atoms with Crippen LogP contribution in [-0.4, -0.2) is 30.9 Å². The molecule has 0 saturated heterocycles. The Balaban J connectivity index is 1.63. The first-order chi connectivity index (χ1) is 17.9. The third kappa shape index (κ3) is 3.75. The average Bonchev–Trinajstić information content (AvgIpc) is 3.53. The lowest BCUT2D eigenvalue weighted by molar-refractivity contribution is 0.664. The summed E-state index contributed by atoms with van der Waals surface area (Å²) in [6.07, 6.45) is 3.32. The van der Waals surface area contributed by atoms with Crippen molar-refractivity contribution in [3.05, 3.63) is 93.9 Å². The number of hydrogen-bond acceptors (Lipinski definition) is 7. The molecule has 0 aliphatic carbocycles. The maximum absolute atomic E-state index is 14.1. The van der Waals surface area contributed by atoms with E-state index in [2.05, 4.69) is 46.8 Å². The van der Waals surface area contributed by atoms with Gasteiger partial charge in [0, 0.05) is 24.0 Å². The molecule has 4 N–H and O–H groups in total. The van der Waals surface area contributed by atoms with Crippen LogP contribution in [0.25, 0.3) is 33.1 Å². The van der Waals surface area contributed by atoms with Crippen molar-refractivity contribution in [1.82, 2.24) is 35.2 Å². The molecule has 2 aromatic carbocycles. The van der Waals surface area contributed by atoms with Crippen molar-refractivity contribution in [3.8, 4) is 5.69 Å². The van der Waals surface area contributed by atoms with Gasteiger partial charge in [-0.3, -0.25) is 9.36 Å². The topological polar surface area (TPSA) is 116 Å². The molecule has 4 heterocycles. The van der Waals surface area contributed by atoms with Gasteiger partial charge in [-0.15, -0.1) is 0 Å². The molecule has 0 fully saturated rings. The fourth-order valence-electron chi connectivity index (χ4n) is 5.16. The van der Waals surface area contributed by atoms with E-state index in [1.54, 1.807) is 0 Å². The van der Waals surface area contributed by atoms with Gasteiger partial charge < -0.3 is 11.2 Å². The van der Waals surface area contributed by atoms with E-state index >= 15 is 0 Å². The summed E-state index contributed by atoms with van der Waals surface area (Å²) in [5.41, 5.74) is 18.4. The number of para-hydroxylation sites is 1. The summed E-state index contributed by atoms with van der Waals surface area (Å²) in [6.45, 7) is 7.18. The number of nitrogens with zero attached hydrogens (tertiary/aromatic N) is 5. The Bertz CT molecular complexity index is 1760.